The molecule has 2 rings (SSSR count). The van der Waals surface area contributed by atoms with E-state index in [1.165, 1.54) is 7.11 Å². The number of hydrogen-bond donors (Lipinski definition) is 1. The number of carbonyl (C=O) groups excluding carboxylic acids is 1. The minimum atomic E-state index is -0.570. The van der Waals surface area contributed by atoms with Gasteiger partial charge in [0.1, 0.15) is 5.69 Å². The monoisotopic (exact) mass is 295 g/mol. The maximum absolute atomic E-state index is 12.0. The average molecular weight is 296 g/mol. The molecule has 0 spiro atoms. The van der Waals surface area contributed by atoms with Crippen LogP contribution in [0.25, 0.3) is 10.9 Å². The second kappa shape index (κ2) is 4.33. The highest BCUT2D eigenvalue weighted by Gasteiger charge is 2.16. The van der Waals surface area contributed by atoms with Gasteiger partial charge in [0.15, 0.2) is 0 Å². The van der Waals surface area contributed by atoms with E-state index in [-0.39, 0.29) is 15.6 Å². The van der Waals surface area contributed by atoms with Crippen LogP contribution in [0.15, 0.2) is 27.5 Å². The molecule has 1 aromatic carbocycles. The fourth-order valence-corrected chi connectivity index (χ4v) is 2.15. The molecule has 0 saturated carbocycles. The largest absolute Gasteiger partial charge is 0.464 e. The number of ether oxygens (including phenoxy) is 1. The highest BCUT2D eigenvalue weighted by Crippen LogP contribution is 2.19. The number of carbonyl (C=O) groups is 1. The molecule has 0 bridgehead atoms. The highest BCUT2D eigenvalue weighted by molar-refractivity contribution is 9.10. The third-order valence-electron chi connectivity index (χ3n) is 2.58. The van der Waals surface area contributed by atoms with Crippen LogP contribution >= 0.6 is 15.9 Å². The number of para-hydroxylation sites is 1. The predicted molar refractivity (Wildman–Crippen MR) is 68.3 cm³/mol. The number of aromatic nitrogens is 1. The summed E-state index contributed by atoms with van der Waals surface area (Å²) < 4.78 is 4.82. The van der Waals surface area contributed by atoms with E-state index in [2.05, 4.69) is 25.7 Å². The van der Waals surface area contributed by atoms with Gasteiger partial charge in [-0.3, -0.25) is 4.79 Å². The van der Waals surface area contributed by atoms with Crippen molar-refractivity contribution in [3.63, 3.8) is 0 Å². The fourth-order valence-electron chi connectivity index (χ4n) is 1.68. The lowest BCUT2D eigenvalue weighted by Gasteiger charge is -2.07. The third kappa shape index (κ3) is 1.86. The van der Waals surface area contributed by atoms with E-state index in [1.54, 1.807) is 12.1 Å². The zero-order valence-electron chi connectivity index (χ0n) is 9.33. The lowest BCUT2D eigenvalue weighted by atomic mass is 10.1. The lowest BCUT2D eigenvalue weighted by Crippen LogP contribution is -2.14. The summed E-state index contributed by atoms with van der Waals surface area (Å²) in [6, 6.07) is 5.39. The summed E-state index contributed by atoms with van der Waals surface area (Å²) in [5.74, 6) is -0.570. The fraction of sp³-hybridized carbons (Fsp3) is 0.167. The number of nitrogens with one attached hydrogen (secondary N) is 1. The Morgan fingerprint density at radius 2 is 2.12 bits per heavy atom. The normalized spacial score (nSPS) is 10.5. The maximum atomic E-state index is 12.0. The molecule has 2 aromatic rings. The number of fused-ring (bicyclic) bond motifs is 1. The van der Waals surface area contributed by atoms with Gasteiger partial charge in [-0.2, -0.15) is 0 Å². The van der Waals surface area contributed by atoms with E-state index in [0.29, 0.717) is 10.9 Å². The molecular weight excluding hydrogens is 286 g/mol. The summed E-state index contributed by atoms with van der Waals surface area (Å²) in [5.41, 5.74) is 1.47. The van der Waals surface area contributed by atoms with Crippen LogP contribution < -0.4 is 5.43 Å². The first-order valence-electron chi connectivity index (χ1n) is 4.95. The Labute approximate surface area is 106 Å². The van der Waals surface area contributed by atoms with E-state index >= 15 is 0 Å². The molecule has 1 heterocycles. The molecule has 4 nitrogen and oxygen atoms in total. The maximum Gasteiger partial charge on any atom is 0.355 e. The molecular formula is C12H10BrNO3. The van der Waals surface area contributed by atoms with Gasteiger partial charge >= 0.3 is 5.97 Å². The molecule has 0 aliphatic rings. The second-order valence-electron chi connectivity index (χ2n) is 3.63. The molecule has 0 aliphatic heterocycles. The van der Waals surface area contributed by atoms with Crippen molar-refractivity contribution in [3.05, 3.63) is 44.2 Å². The van der Waals surface area contributed by atoms with Crippen molar-refractivity contribution in [2.75, 3.05) is 7.11 Å². The van der Waals surface area contributed by atoms with Gasteiger partial charge in [-0.1, -0.05) is 12.1 Å². The molecule has 5 heteroatoms. The molecule has 0 aliphatic carbocycles. The standard InChI is InChI=1S/C12H10BrNO3/c1-6-4-3-5-7-9(6)14-10(12(16)17-2)8(13)11(7)15/h3-5H,1-2H3,(H,14,15). The Hall–Kier alpha value is -1.62. The van der Waals surface area contributed by atoms with E-state index < -0.39 is 5.97 Å². The summed E-state index contributed by atoms with van der Waals surface area (Å²) in [6.45, 7) is 1.87. The summed E-state index contributed by atoms with van der Waals surface area (Å²) in [7, 11) is 1.27. The number of rotatable bonds is 1. The lowest BCUT2D eigenvalue weighted by molar-refractivity contribution is 0.0593. The summed E-state index contributed by atoms with van der Waals surface area (Å²) >= 11 is 3.12. The van der Waals surface area contributed by atoms with Crippen molar-refractivity contribution in [1.29, 1.82) is 0 Å². The molecule has 1 N–H and O–H groups in total. The minimum absolute atomic E-state index is 0.138. The first-order chi connectivity index (χ1) is 8.06. The van der Waals surface area contributed by atoms with Crippen LogP contribution in [0.4, 0.5) is 0 Å². The van der Waals surface area contributed by atoms with Crippen LogP contribution in [0.5, 0.6) is 0 Å². The molecule has 0 radical (unpaired) electrons. The number of halogens is 1. The van der Waals surface area contributed by atoms with Gasteiger partial charge in [-0.15, -0.1) is 0 Å². The zero-order chi connectivity index (χ0) is 12.6. The summed E-state index contributed by atoms with van der Waals surface area (Å²) in [5, 5.41) is 0.546. The molecule has 88 valence electrons. The van der Waals surface area contributed by atoms with Crippen LogP contribution in [0, 0.1) is 6.92 Å². The van der Waals surface area contributed by atoms with E-state index in [0.717, 1.165) is 5.56 Å². The topological polar surface area (TPSA) is 59.2 Å². The Morgan fingerprint density at radius 1 is 1.41 bits per heavy atom. The number of methoxy groups -OCH3 is 1. The van der Waals surface area contributed by atoms with E-state index in [9.17, 15) is 9.59 Å². The Balaban J connectivity index is 2.91. The van der Waals surface area contributed by atoms with Gasteiger partial charge in [0.2, 0.25) is 5.43 Å². The first kappa shape index (κ1) is 11.9. The predicted octanol–water partition coefficient (Wildman–Crippen LogP) is 2.39. The first-order valence-corrected chi connectivity index (χ1v) is 5.75. The van der Waals surface area contributed by atoms with Crippen molar-refractivity contribution in [3.8, 4) is 0 Å². The van der Waals surface area contributed by atoms with Crippen LogP contribution in [-0.4, -0.2) is 18.1 Å². The molecule has 0 amide bonds. The molecule has 0 atom stereocenters. The number of hydrogen-bond acceptors (Lipinski definition) is 3. The van der Waals surface area contributed by atoms with Crippen LogP contribution in [0.1, 0.15) is 16.1 Å². The van der Waals surface area contributed by atoms with Gasteiger partial charge in [0.25, 0.3) is 0 Å². The number of aryl methyl sites for hydroxylation is 1. The van der Waals surface area contributed by atoms with Gasteiger partial charge in [-0.05, 0) is 34.5 Å². The average Bonchev–Trinajstić information content (AvgIpc) is 2.33. The van der Waals surface area contributed by atoms with E-state index in [4.69, 9.17) is 0 Å². The van der Waals surface area contributed by atoms with Crippen LogP contribution in [0.2, 0.25) is 0 Å². The van der Waals surface area contributed by atoms with Gasteiger partial charge in [0.05, 0.1) is 17.1 Å². The number of esters is 1. The molecule has 1 aromatic heterocycles. The third-order valence-corrected chi connectivity index (χ3v) is 3.33. The molecule has 17 heavy (non-hydrogen) atoms. The quantitative estimate of drug-likeness (QED) is 0.822. The number of H-pyrrole nitrogens is 1. The Morgan fingerprint density at radius 3 is 2.76 bits per heavy atom. The molecule has 0 saturated heterocycles. The molecule has 0 unspecified atom stereocenters. The molecule has 0 fully saturated rings. The highest BCUT2D eigenvalue weighted by atomic mass is 79.9. The Kier molecular flexibility index (Phi) is 3.02. The number of benzene rings is 1. The Bertz CT molecular complexity index is 661. The second-order valence-corrected chi connectivity index (χ2v) is 4.43. The summed E-state index contributed by atoms with van der Waals surface area (Å²) in [4.78, 5) is 26.5. The van der Waals surface area contributed by atoms with Crippen molar-refractivity contribution in [2.45, 2.75) is 6.92 Å². The van der Waals surface area contributed by atoms with Crippen LogP contribution in [0.3, 0.4) is 0 Å². The van der Waals surface area contributed by atoms with Gasteiger partial charge in [0, 0.05) is 5.39 Å². The van der Waals surface area contributed by atoms with Crippen molar-refractivity contribution in [2.24, 2.45) is 0 Å². The van der Waals surface area contributed by atoms with Gasteiger partial charge in [-0.25, -0.2) is 4.79 Å². The number of pyridine rings is 1. The van der Waals surface area contributed by atoms with Crippen LogP contribution in [-0.2, 0) is 4.74 Å². The SMILES string of the molecule is COC(=O)c1[nH]c2c(C)cccc2c(=O)c1Br. The smallest absolute Gasteiger partial charge is 0.355 e. The number of aromatic amines is 1. The van der Waals surface area contributed by atoms with Gasteiger partial charge < -0.3 is 9.72 Å². The zero-order valence-corrected chi connectivity index (χ0v) is 10.9. The van der Waals surface area contributed by atoms with Crippen molar-refractivity contribution < 1.29 is 9.53 Å². The van der Waals surface area contributed by atoms with Crippen molar-refractivity contribution >= 4 is 32.8 Å². The van der Waals surface area contributed by atoms with Crippen molar-refractivity contribution in [1.82, 2.24) is 4.98 Å². The minimum Gasteiger partial charge on any atom is -0.464 e. The van der Waals surface area contributed by atoms with E-state index in [1.807, 2.05) is 13.0 Å². The summed E-state index contributed by atoms with van der Waals surface area (Å²) in [6.07, 6.45) is 0.